The number of carbonyl (C=O) groups is 1. The topological polar surface area (TPSA) is 30.7 Å². The van der Waals surface area contributed by atoms with E-state index in [-0.39, 0.29) is 5.97 Å². The zero-order valence-electron chi connectivity index (χ0n) is 7.73. The molecule has 1 aromatic rings. The molecule has 0 fully saturated rings. The van der Waals surface area contributed by atoms with Crippen molar-refractivity contribution in [2.24, 2.45) is 0 Å². The van der Waals surface area contributed by atoms with E-state index in [9.17, 15) is 4.79 Å². The predicted octanol–water partition coefficient (Wildman–Crippen LogP) is 2.42. The summed E-state index contributed by atoms with van der Waals surface area (Å²) < 4.78 is 4.44. The van der Waals surface area contributed by atoms with Crippen molar-refractivity contribution < 1.29 is 9.53 Å². The molecule has 0 radical (unpaired) electrons. The van der Waals surface area contributed by atoms with Gasteiger partial charge in [-0.2, -0.15) is 0 Å². The van der Waals surface area contributed by atoms with Crippen LogP contribution in [-0.2, 0) is 9.53 Å². The molecule has 0 unspecified atom stereocenters. The molecule has 0 atom stereocenters. The first-order valence-electron chi connectivity index (χ1n) is 4.00. The Balaban J connectivity index is 2.74. The summed E-state index contributed by atoms with van der Waals surface area (Å²) in [5.41, 5.74) is 1.45. The second kappa shape index (κ2) is 4.83. The lowest BCUT2D eigenvalue weighted by atomic mass is 10.2. The molecule has 0 aromatic heterocycles. The molecule has 0 bridgehead atoms. The molecule has 0 aliphatic carbocycles. The molecule has 1 aromatic carbocycles. The number of ether oxygens (including phenoxy) is 1. The first kappa shape index (κ1) is 10.0. The van der Waals surface area contributed by atoms with Crippen molar-refractivity contribution in [1.29, 1.82) is 0 Å². The highest BCUT2D eigenvalue weighted by Crippen LogP contribution is 2.13. The fraction of sp³-hybridized carbons (Fsp3) is 0.0909. The molecule has 0 aliphatic rings. The molecule has 0 saturated carbocycles. The van der Waals surface area contributed by atoms with Crippen LogP contribution >= 0.6 is 0 Å². The van der Waals surface area contributed by atoms with E-state index in [1.807, 2.05) is 0 Å². The SMILES string of the molecule is [C-]#[N+]c1ccc(/C=C/C(=O)OC)cc1. The highest BCUT2D eigenvalue weighted by atomic mass is 16.5. The summed E-state index contributed by atoms with van der Waals surface area (Å²) >= 11 is 0. The molecule has 1 rings (SSSR count). The van der Waals surface area contributed by atoms with Gasteiger partial charge in [-0.1, -0.05) is 24.3 Å². The quantitative estimate of drug-likeness (QED) is 0.404. The third-order valence-corrected chi connectivity index (χ3v) is 1.64. The lowest BCUT2D eigenvalue weighted by molar-refractivity contribution is -0.134. The van der Waals surface area contributed by atoms with Crippen LogP contribution in [0.5, 0.6) is 0 Å². The van der Waals surface area contributed by atoms with Crippen molar-refractivity contribution in [2.75, 3.05) is 7.11 Å². The molecule has 0 saturated heterocycles. The van der Waals surface area contributed by atoms with Crippen LogP contribution in [-0.4, -0.2) is 13.1 Å². The van der Waals surface area contributed by atoms with Gasteiger partial charge in [-0.3, -0.25) is 0 Å². The molecular formula is C11H9NO2. The van der Waals surface area contributed by atoms with Crippen LogP contribution in [0, 0.1) is 6.57 Å². The molecule has 0 N–H and O–H groups in total. The van der Waals surface area contributed by atoms with Crippen LogP contribution in [0.3, 0.4) is 0 Å². The van der Waals surface area contributed by atoms with Gasteiger partial charge in [0.15, 0.2) is 5.69 Å². The van der Waals surface area contributed by atoms with E-state index in [0.29, 0.717) is 5.69 Å². The molecule has 3 heteroatoms. The average molecular weight is 187 g/mol. The van der Waals surface area contributed by atoms with Crippen molar-refractivity contribution in [2.45, 2.75) is 0 Å². The van der Waals surface area contributed by atoms with Gasteiger partial charge in [-0.15, -0.1) is 0 Å². The maximum absolute atomic E-state index is 10.8. The Hall–Kier alpha value is -2.08. The molecule has 14 heavy (non-hydrogen) atoms. The summed E-state index contributed by atoms with van der Waals surface area (Å²) in [5, 5.41) is 0. The third-order valence-electron chi connectivity index (χ3n) is 1.64. The van der Waals surface area contributed by atoms with Crippen molar-refractivity contribution in [3.05, 3.63) is 47.3 Å². The van der Waals surface area contributed by atoms with Gasteiger partial charge < -0.3 is 4.74 Å². The van der Waals surface area contributed by atoms with Gasteiger partial charge in [-0.25, -0.2) is 9.64 Å². The first-order chi connectivity index (χ1) is 6.76. The van der Waals surface area contributed by atoms with Gasteiger partial charge in [-0.05, 0) is 11.6 Å². The van der Waals surface area contributed by atoms with Gasteiger partial charge in [0.25, 0.3) is 0 Å². The van der Waals surface area contributed by atoms with Crippen molar-refractivity contribution >= 4 is 17.7 Å². The van der Waals surface area contributed by atoms with E-state index in [2.05, 4.69) is 9.58 Å². The normalized spacial score (nSPS) is 9.71. The van der Waals surface area contributed by atoms with Crippen molar-refractivity contribution in [3.63, 3.8) is 0 Å². The van der Waals surface area contributed by atoms with Gasteiger partial charge >= 0.3 is 5.97 Å². The lowest BCUT2D eigenvalue weighted by Crippen LogP contribution is -1.92. The summed E-state index contributed by atoms with van der Waals surface area (Å²) in [6.07, 6.45) is 2.98. The minimum atomic E-state index is -0.390. The van der Waals surface area contributed by atoms with E-state index in [0.717, 1.165) is 5.56 Å². The van der Waals surface area contributed by atoms with Crippen molar-refractivity contribution in [1.82, 2.24) is 0 Å². The number of methoxy groups -OCH3 is 1. The average Bonchev–Trinajstić information content (AvgIpc) is 2.26. The van der Waals surface area contributed by atoms with Crippen molar-refractivity contribution in [3.8, 4) is 0 Å². The Labute approximate surface area is 82.4 Å². The molecule has 0 spiro atoms. The summed E-state index contributed by atoms with van der Waals surface area (Å²) in [6.45, 7) is 6.75. The Morgan fingerprint density at radius 2 is 2.07 bits per heavy atom. The highest BCUT2D eigenvalue weighted by molar-refractivity contribution is 5.86. The third kappa shape index (κ3) is 2.76. The van der Waals surface area contributed by atoms with Crippen LogP contribution in [0.4, 0.5) is 5.69 Å². The largest absolute Gasteiger partial charge is 0.466 e. The predicted molar refractivity (Wildman–Crippen MR) is 53.8 cm³/mol. The standard InChI is InChI=1S/C11H9NO2/c1-12-10-6-3-9(4-7-10)5-8-11(13)14-2/h3-8H,2H3/b8-5+. The number of rotatable bonds is 2. The Morgan fingerprint density at radius 3 is 2.57 bits per heavy atom. The molecule has 0 aliphatic heterocycles. The van der Waals surface area contributed by atoms with Gasteiger partial charge in [0, 0.05) is 6.08 Å². The molecule has 3 nitrogen and oxygen atoms in total. The zero-order chi connectivity index (χ0) is 10.4. The molecule has 70 valence electrons. The Morgan fingerprint density at radius 1 is 1.43 bits per heavy atom. The van der Waals surface area contributed by atoms with Crippen LogP contribution in [0.25, 0.3) is 10.9 Å². The highest BCUT2D eigenvalue weighted by Gasteiger charge is 1.92. The van der Waals surface area contributed by atoms with Crippen LogP contribution in [0.2, 0.25) is 0 Å². The summed E-state index contributed by atoms with van der Waals surface area (Å²) in [7, 11) is 1.33. The fourth-order valence-corrected chi connectivity index (χ4v) is 0.892. The van der Waals surface area contributed by atoms with E-state index >= 15 is 0 Å². The number of carbonyl (C=O) groups excluding carboxylic acids is 1. The number of benzene rings is 1. The number of hydrogen-bond donors (Lipinski definition) is 0. The zero-order valence-corrected chi connectivity index (χ0v) is 7.73. The molecule has 0 heterocycles. The summed E-state index contributed by atoms with van der Waals surface area (Å²) in [5.74, 6) is -0.390. The molecule has 0 amide bonds. The van der Waals surface area contributed by atoms with Gasteiger partial charge in [0.05, 0.1) is 13.7 Å². The van der Waals surface area contributed by atoms with E-state index in [1.54, 1.807) is 30.3 Å². The second-order valence-electron chi connectivity index (χ2n) is 2.56. The van der Waals surface area contributed by atoms with Crippen LogP contribution in [0.1, 0.15) is 5.56 Å². The van der Waals surface area contributed by atoms with E-state index in [4.69, 9.17) is 6.57 Å². The maximum atomic E-state index is 10.8. The number of esters is 1. The van der Waals surface area contributed by atoms with Gasteiger partial charge in [0.2, 0.25) is 0 Å². The first-order valence-corrected chi connectivity index (χ1v) is 4.00. The smallest absolute Gasteiger partial charge is 0.330 e. The number of hydrogen-bond acceptors (Lipinski definition) is 2. The van der Waals surface area contributed by atoms with Crippen LogP contribution < -0.4 is 0 Å². The van der Waals surface area contributed by atoms with E-state index in [1.165, 1.54) is 13.2 Å². The summed E-state index contributed by atoms with van der Waals surface area (Å²) in [4.78, 5) is 14.0. The van der Waals surface area contributed by atoms with Gasteiger partial charge in [0.1, 0.15) is 0 Å². The monoisotopic (exact) mass is 187 g/mol. The van der Waals surface area contributed by atoms with E-state index < -0.39 is 0 Å². The second-order valence-corrected chi connectivity index (χ2v) is 2.56. The van der Waals surface area contributed by atoms with Crippen LogP contribution in [0.15, 0.2) is 30.3 Å². The Kier molecular flexibility index (Phi) is 3.45. The fourth-order valence-electron chi connectivity index (χ4n) is 0.892. The Bertz CT molecular complexity index is 385. The molecular weight excluding hydrogens is 178 g/mol. The maximum Gasteiger partial charge on any atom is 0.330 e. The lowest BCUT2D eigenvalue weighted by Gasteiger charge is -1.93. The summed E-state index contributed by atoms with van der Waals surface area (Å²) in [6, 6.07) is 6.94. The minimum absolute atomic E-state index is 0.390. The minimum Gasteiger partial charge on any atom is -0.466 e. The number of nitrogens with zero attached hydrogens (tertiary/aromatic N) is 1.